The third-order valence-corrected chi connectivity index (χ3v) is 5.00. The summed E-state index contributed by atoms with van der Waals surface area (Å²) in [4.78, 5) is 14.3. The van der Waals surface area contributed by atoms with Crippen LogP contribution in [-0.2, 0) is 4.79 Å². The standard InChI is InChI=1S/C16H30N2O2/c1-3-9-17-16(15(19)20,14-7-8-14)12-18-10-5-6-13(4-2)11-18/h13-14,17H,3-12H2,1-2H3,(H,19,20). The summed E-state index contributed by atoms with van der Waals surface area (Å²) < 4.78 is 0. The predicted molar refractivity (Wildman–Crippen MR) is 80.8 cm³/mol. The maximum absolute atomic E-state index is 11.9. The summed E-state index contributed by atoms with van der Waals surface area (Å²) >= 11 is 0. The first-order chi connectivity index (χ1) is 9.62. The van der Waals surface area contributed by atoms with Gasteiger partial charge in [-0.2, -0.15) is 0 Å². The van der Waals surface area contributed by atoms with Crippen molar-refractivity contribution in [2.24, 2.45) is 11.8 Å². The van der Waals surface area contributed by atoms with E-state index in [0.29, 0.717) is 12.5 Å². The Morgan fingerprint density at radius 2 is 2.10 bits per heavy atom. The summed E-state index contributed by atoms with van der Waals surface area (Å²) in [6, 6.07) is 0. The molecule has 2 N–H and O–H groups in total. The second kappa shape index (κ2) is 6.90. The van der Waals surface area contributed by atoms with Crippen LogP contribution >= 0.6 is 0 Å². The quantitative estimate of drug-likeness (QED) is 0.717. The number of rotatable bonds is 8. The van der Waals surface area contributed by atoms with Gasteiger partial charge in [0.1, 0.15) is 5.54 Å². The minimum Gasteiger partial charge on any atom is -0.480 e. The van der Waals surface area contributed by atoms with Crippen molar-refractivity contribution < 1.29 is 9.90 Å². The average Bonchev–Trinajstić information content (AvgIpc) is 3.28. The van der Waals surface area contributed by atoms with Crippen molar-refractivity contribution in [3.63, 3.8) is 0 Å². The maximum Gasteiger partial charge on any atom is 0.325 e. The van der Waals surface area contributed by atoms with Crippen LogP contribution < -0.4 is 5.32 Å². The molecule has 1 aliphatic carbocycles. The first kappa shape index (κ1) is 15.8. The molecular formula is C16H30N2O2. The van der Waals surface area contributed by atoms with Crippen LogP contribution in [0.25, 0.3) is 0 Å². The molecule has 1 aliphatic heterocycles. The lowest BCUT2D eigenvalue weighted by Gasteiger charge is -2.40. The van der Waals surface area contributed by atoms with Crippen molar-refractivity contribution in [2.45, 2.75) is 57.9 Å². The van der Waals surface area contributed by atoms with E-state index in [9.17, 15) is 9.90 Å². The van der Waals surface area contributed by atoms with Gasteiger partial charge < -0.3 is 15.3 Å². The van der Waals surface area contributed by atoms with Crippen LogP contribution in [0.4, 0.5) is 0 Å². The van der Waals surface area contributed by atoms with Gasteiger partial charge >= 0.3 is 5.97 Å². The van der Waals surface area contributed by atoms with Crippen LogP contribution in [0.3, 0.4) is 0 Å². The van der Waals surface area contributed by atoms with E-state index in [4.69, 9.17) is 0 Å². The first-order valence-electron chi connectivity index (χ1n) is 8.33. The van der Waals surface area contributed by atoms with E-state index in [0.717, 1.165) is 44.8 Å². The lowest BCUT2D eigenvalue weighted by molar-refractivity contribution is -0.147. The van der Waals surface area contributed by atoms with E-state index < -0.39 is 11.5 Å². The minimum atomic E-state index is -0.703. The highest BCUT2D eigenvalue weighted by Gasteiger charge is 2.51. The third kappa shape index (κ3) is 3.53. The Balaban J connectivity index is 2.04. The predicted octanol–water partition coefficient (Wildman–Crippen LogP) is 2.34. The summed E-state index contributed by atoms with van der Waals surface area (Å²) in [5.41, 5.74) is -0.703. The summed E-state index contributed by atoms with van der Waals surface area (Å²) in [6.07, 6.45) is 6.84. The van der Waals surface area contributed by atoms with Crippen LogP contribution in [-0.4, -0.2) is 47.7 Å². The zero-order chi connectivity index (χ0) is 14.6. The van der Waals surface area contributed by atoms with E-state index in [1.165, 1.54) is 19.3 Å². The molecule has 116 valence electrons. The highest BCUT2D eigenvalue weighted by Crippen LogP contribution is 2.41. The largest absolute Gasteiger partial charge is 0.480 e. The molecule has 0 aromatic heterocycles. The molecule has 0 bridgehead atoms. The number of carbonyl (C=O) groups is 1. The molecule has 0 spiro atoms. The number of piperidine rings is 1. The van der Waals surface area contributed by atoms with Gasteiger partial charge in [0.2, 0.25) is 0 Å². The average molecular weight is 282 g/mol. The van der Waals surface area contributed by atoms with Crippen molar-refractivity contribution in [3.05, 3.63) is 0 Å². The van der Waals surface area contributed by atoms with Crippen LogP contribution in [0.2, 0.25) is 0 Å². The zero-order valence-corrected chi connectivity index (χ0v) is 13.0. The monoisotopic (exact) mass is 282 g/mol. The molecule has 0 radical (unpaired) electrons. The fourth-order valence-electron chi connectivity index (χ4n) is 3.55. The Morgan fingerprint density at radius 3 is 2.65 bits per heavy atom. The van der Waals surface area contributed by atoms with Gasteiger partial charge in [0.25, 0.3) is 0 Å². The van der Waals surface area contributed by atoms with Gasteiger partial charge in [0.05, 0.1) is 0 Å². The number of hydrogen-bond donors (Lipinski definition) is 2. The molecular weight excluding hydrogens is 252 g/mol. The number of aliphatic carboxylic acids is 1. The Bertz CT molecular complexity index is 330. The number of carboxylic acid groups (broad SMARTS) is 1. The van der Waals surface area contributed by atoms with E-state index in [-0.39, 0.29) is 0 Å². The fourth-order valence-corrected chi connectivity index (χ4v) is 3.55. The van der Waals surface area contributed by atoms with Gasteiger partial charge in [-0.25, -0.2) is 0 Å². The van der Waals surface area contributed by atoms with Crippen molar-refractivity contribution in [1.82, 2.24) is 10.2 Å². The topological polar surface area (TPSA) is 52.6 Å². The number of carboxylic acids is 1. The molecule has 2 atom stereocenters. The molecule has 0 aromatic carbocycles. The van der Waals surface area contributed by atoms with Crippen molar-refractivity contribution in [1.29, 1.82) is 0 Å². The van der Waals surface area contributed by atoms with E-state index in [1.54, 1.807) is 0 Å². The molecule has 1 saturated carbocycles. The molecule has 4 nitrogen and oxygen atoms in total. The van der Waals surface area contributed by atoms with Crippen molar-refractivity contribution in [2.75, 3.05) is 26.2 Å². The molecule has 1 saturated heterocycles. The number of hydrogen-bond acceptors (Lipinski definition) is 3. The van der Waals surface area contributed by atoms with E-state index in [2.05, 4.69) is 24.1 Å². The lowest BCUT2D eigenvalue weighted by atomic mass is 9.89. The van der Waals surface area contributed by atoms with Crippen LogP contribution in [0.1, 0.15) is 52.4 Å². The molecule has 20 heavy (non-hydrogen) atoms. The van der Waals surface area contributed by atoms with Gasteiger partial charge in [0, 0.05) is 13.1 Å². The van der Waals surface area contributed by atoms with Crippen LogP contribution in [0.15, 0.2) is 0 Å². The van der Waals surface area contributed by atoms with Crippen LogP contribution in [0.5, 0.6) is 0 Å². The number of nitrogens with one attached hydrogen (secondary N) is 1. The van der Waals surface area contributed by atoms with Crippen molar-refractivity contribution in [3.8, 4) is 0 Å². The third-order valence-electron chi connectivity index (χ3n) is 5.00. The summed E-state index contributed by atoms with van der Waals surface area (Å²) in [5.74, 6) is 0.432. The van der Waals surface area contributed by atoms with Gasteiger partial charge in [-0.05, 0) is 57.0 Å². The fraction of sp³-hybridized carbons (Fsp3) is 0.938. The number of nitrogens with zero attached hydrogens (tertiary/aromatic N) is 1. The molecule has 1 heterocycles. The summed E-state index contributed by atoms with van der Waals surface area (Å²) in [6.45, 7) is 7.96. The van der Waals surface area contributed by atoms with Crippen molar-refractivity contribution >= 4 is 5.97 Å². The smallest absolute Gasteiger partial charge is 0.325 e. The second-order valence-corrected chi connectivity index (χ2v) is 6.63. The van der Waals surface area contributed by atoms with Gasteiger partial charge in [-0.3, -0.25) is 4.79 Å². The first-order valence-corrected chi connectivity index (χ1v) is 8.33. The van der Waals surface area contributed by atoms with Crippen LogP contribution in [0, 0.1) is 11.8 Å². The molecule has 4 heteroatoms. The Kier molecular flexibility index (Phi) is 5.44. The molecule has 0 aromatic rings. The maximum atomic E-state index is 11.9. The normalized spacial score (nSPS) is 27.2. The molecule has 2 fully saturated rings. The van der Waals surface area contributed by atoms with Gasteiger partial charge in [-0.1, -0.05) is 20.3 Å². The second-order valence-electron chi connectivity index (χ2n) is 6.63. The van der Waals surface area contributed by atoms with Gasteiger partial charge in [-0.15, -0.1) is 0 Å². The summed E-state index contributed by atoms with van der Waals surface area (Å²) in [5, 5.41) is 13.2. The Labute approximate surface area is 122 Å². The van der Waals surface area contributed by atoms with Gasteiger partial charge in [0.15, 0.2) is 0 Å². The molecule has 0 amide bonds. The molecule has 2 unspecified atom stereocenters. The SMILES string of the molecule is CCCNC(CN1CCCC(CC)C1)(C(=O)O)C1CC1. The lowest BCUT2D eigenvalue weighted by Crippen LogP contribution is -2.61. The Morgan fingerprint density at radius 1 is 1.35 bits per heavy atom. The molecule has 2 rings (SSSR count). The highest BCUT2D eigenvalue weighted by atomic mass is 16.4. The highest BCUT2D eigenvalue weighted by molar-refractivity contribution is 5.80. The zero-order valence-electron chi connectivity index (χ0n) is 13.0. The minimum absolute atomic E-state index is 0.327. The van der Waals surface area contributed by atoms with E-state index >= 15 is 0 Å². The summed E-state index contributed by atoms with van der Waals surface area (Å²) in [7, 11) is 0. The Hall–Kier alpha value is -0.610. The molecule has 2 aliphatic rings. The number of likely N-dealkylation sites (tertiary alicyclic amines) is 1. The van der Waals surface area contributed by atoms with E-state index in [1.807, 2.05) is 0 Å².